The summed E-state index contributed by atoms with van der Waals surface area (Å²) in [5.41, 5.74) is 7.06. The van der Waals surface area contributed by atoms with Crippen LogP contribution in [0.25, 0.3) is 0 Å². The predicted octanol–water partition coefficient (Wildman–Crippen LogP) is 2.17. The number of hydrogen-bond donors (Lipinski definition) is 2. The summed E-state index contributed by atoms with van der Waals surface area (Å²) in [4.78, 5) is 10.9. The van der Waals surface area contributed by atoms with Gasteiger partial charge < -0.3 is 15.7 Å². The summed E-state index contributed by atoms with van der Waals surface area (Å²) in [6, 6.07) is 0.697. The fourth-order valence-corrected chi connectivity index (χ4v) is 2.59. The molecule has 1 aliphatic carbocycles. The number of fused-ring (bicyclic) bond motifs is 1. The minimum absolute atomic E-state index is 0.474. The summed E-state index contributed by atoms with van der Waals surface area (Å²) in [5.74, 6) is 2.22. The highest BCUT2D eigenvalue weighted by Crippen LogP contribution is 2.41. The Hall–Kier alpha value is -1.36. The van der Waals surface area contributed by atoms with Crippen molar-refractivity contribution in [2.75, 3.05) is 24.3 Å². The molecule has 1 aliphatic heterocycles. The molecule has 19 heavy (non-hydrogen) atoms. The van der Waals surface area contributed by atoms with E-state index < -0.39 is 0 Å². The van der Waals surface area contributed by atoms with Gasteiger partial charge in [-0.2, -0.15) is 0 Å². The van der Waals surface area contributed by atoms with Gasteiger partial charge in [0.25, 0.3) is 0 Å². The standard InChI is InChI=1S/C11H16N4.C2H6.CH4O/c1-7-5-15(8-3-2-4-8)11-9(7)10(12)13-6-14-11;2*1-2/h6-8H,2-5H2,1H3,(H2,12,13,14);1-2H3;2H,1H3. The number of rotatable bonds is 1. The second kappa shape index (κ2) is 7.28. The highest BCUT2D eigenvalue weighted by atomic mass is 16.2. The quantitative estimate of drug-likeness (QED) is 0.814. The zero-order valence-corrected chi connectivity index (χ0v) is 12.4. The van der Waals surface area contributed by atoms with Crippen LogP contribution >= 0.6 is 0 Å². The fourth-order valence-electron chi connectivity index (χ4n) is 2.59. The maximum atomic E-state index is 7.00. The highest BCUT2D eigenvalue weighted by molar-refractivity contribution is 5.63. The number of nitrogens with two attached hydrogens (primary N) is 1. The maximum Gasteiger partial charge on any atom is 0.137 e. The van der Waals surface area contributed by atoms with Crippen LogP contribution in [-0.2, 0) is 0 Å². The Morgan fingerprint density at radius 3 is 2.42 bits per heavy atom. The van der Waals surface area contributed by atoms with Crippen molar-refractivity contribution >= 4 is 11.6 Å². The van der Waals surface area contributed by atoms with Crippen LogP contribution in [0.4, 0.5) is 11.6 Å². The van der Waals surface area contributed by atoms with Gasteiger partial charge in [0.15, 0.2) is 0 Å². The second-order valence-electron chi connectivity index (χ2n) is 4.63. The van der Waals surface area contributed by atoms with Crippen molar-refractivity contribution in [2.24, 2.45) is 0 Å². The Morgan fingerprint density at radius 1 is 1.26 bits per heavy atom. The minimum atomic E-state index is 0.474. The van der Waals surface area contributed by atoms with Crippen molar-refractivity contribution in [2.45, 2.75) is 52.0 Å². The molecular weight excluding hydrogens is 240 g/mol. The van der Waals surface area contributed by atoms with Gasteiger partial charge in [-0.25, -0.2) is 9.97 Å². The molecule has 1 fully saturated rings. The van der Waals surface area contributed by atoms with Gasteiger partial charge in [-0.3, -0.25) is 0 Å². The number of aliphatic hydroxyl groups is 1. The van der Waals surface area contributed by atoms with Gasteiger partial charge in [0.1, 0.15) is 18.0 Å². The topological polar surface area (TPSA) is 75.3 Å². The number of nitrogens with zero attached hydrogens (tertiary/aromatic N) is 3. The Balaban J connectivity index is 0.000000415. The van der Waals surface area contributed by atoms with E-state index in [1.807, 2.05) is 13.8 Å². The van der Waals surface area contributed by atoms with Gasteiger partial charge >= 0.3 is 0 Å². The normalized spacial score (nSPS) is 20.5. The molecule has 2 aliphatic rings. The molecular formula is C14H26N4O. The van der Waals surface area contributed by atoms with Crippen molar-refractivity contribution in [3.8, 4) is 0 Å². The van der Waals surface area contributed by atoms with E-state index in [-0.39, 0.29) is 0 Å². The van der Waals surface area contributed by atoms with Crippen molar-refractivity contribution in [3.05, 3.63) is 11.9 Å². The van der Waals surface area contributed by atoms with Crippen molar-refractivity contribution in [1.29, 1.82) is 0 Å². The van der Waals surface area contributed by atoms with Crippen LogP contribution in [0.1, 0.15) is 51.5 Å². The Labute approximate surface area is 115 Å². The Bertz CT molecular complexity index is 393. The zero-order chi connectivity index (χ0) is 14.4. The average molecular weight is 266 g/mol. The van der Waals surface area contributed by atoms with Crippen LogP contribution in [0.5, 0.6) is 0 Å². The largest absolute Gasteiger partial charge is 0.400 e. The van der Waals surface area contributed by atoms with E-state index >= 15 is 0 Å². The third-order valence-electron chi connectivity index (χ3n) is 3.64. The molecule has 5 nitrogen and oxygen atoms in total. The predicted molar refractivity (Wildman–Crippen MR) is 79.3 cm³/mol. The van der Waals surface area contributed by atoms with E-state index in [1.165, 1.54) is 19.3 Å². The molecule has 108 valence electrons. The first kappa shape index (κ1) is 15.7. The molecule has 3 rings (SSSR count). The summed E-state index contributed by atoms with van der Waals surface area (Å²) in [6.07, 6.45) is 5.54. The molecule has 3 N–H and O–H groups in total. The number of anilines is 2. The van der Waals surface area contributed by atoms with Gasteiger partial charge in [0.2, 0.25) is 0 Å². The lowest BCUT2D eigenvalue weighted by Gasteiger charge is -2.36. The summed E-state index contributed by atoms with van der Waals surface area (Å²) < 4.78 is 0. The van der Waals surface area contributed by atoms with E-state index in [0.29, 0.717) is 17.8 Å². The molecule has 0 saturated heterocycles. The van der Waals surface area contributed by atoms with Crippen LogP contribution < -0.4 is 10.6 Å². The Morgan fingerprint density at radius 2 is 1.89 bits per heavy atom. The molecule has 0 spiro atoms. The fraction of sp³-hybridized carbons (Fsp3) is 0.714. The van der Waals surface area contributed by atoms with E-state index in [9.17, 15) is 0 Å². The van der Waals surface area contributed by atoms with Gasteiger partial charge in [0.05, 0.1) is 0 Å². The second-order valence-corrected chi connectivity index (χ2v) is 4.63. The zero-order valence-electron chi connectivity index (χ0n) is 12.4. The summed E-state index contributed by atoms with van der Waals surface area (Å²) in [7, 11) is 1.00. The van der Waals surface area contributed by atoms with E-state index in [4.69, 9.17) is 10.8 Å². The lowest BCUT2D eigenvalue weighted by molar-refractivity contribution is 0.387. The molecule has 1 aromatic rings. The SMILES string of the molecule is CC.CC1CN(C2CCC2)c2ncnc(N)c21.CO. The van der Waals surface area contributed by atoms with Gasteiger partial charge in [0, 0.05) is 31.2 Å². The minimum Gasteiger partial charge on any atom is -0.400 e. The molecule has 0 amide bonds. The van der Waals surface area contributed by atoms with Crippen molar-refractivity contribution < 1.29 is 5.11 Å². The molecule has 1 unspecified atom stereocenters. The first-order valence-electron chi connectivity index (χ1n) is 7.09. The molecule has 0 aromatic carbocycles. The van der Waals surface area contributed by atoms with Crippen LogP contribution in [0, 0.1) is 0 Å². The molecule has 0 radical (unpaired) electrons. The van der Waals surface area contributed by atoms with E-state index in [1.54, 1.807) is 6.33 Å². The number of aliphatic hydroxyl groups excluding tert-OH is 1. The molecule has 0 bridgehead atoms. The third kappa shape index (κ3) is 2.97. The number of aromatic nitrogens is 2. The van der Waals surface area contributed by atoms with Crippen LogP contribution in [0.2, 0.25) is 0 Å². The van der Waals surface area contributed by atoms with Crippen LogP contribution in [0.3, 0.4) is 0 Å². The van der Waals surface area contributed by atoms with Gasteiger partial charge in [-0.1, -0.05) is 20.8 Å². The highest BCUT2D eigenvalue weighted by Gasteiger charge is 2.35. The first-order chi connectivity index (χ1) is 9.27. The van der Waals surface area contributed by atoms with Gasteiger partial charge in [-0.15, -0.1) is 0 Å². The average Bonchev–Trinajstić information content (AvgIpc) is 2.71. The van der Waals surface area contributed by atoms with Crippen molar-refractivity contribution in [1.82, 2.24) is 9.97 Å². The third-order valence-corrected chi connectivity index (χ3v) is 3.64. The van der Waals surface area contributed by atoms with Gasteiger partial charge in [-0.05, 0) is 19.3 Å². The molecule has 2 heterocycles. The lowest BCUT2D eigenvalue weighted by Crippen LogP contribution is -2.39. The smallest absolute Gasteiger partial charge is 0.137 e. The monoisotopic (exact) mass is 266 g/mol. The molecule has 1 saturated carbocycles. The Kier molecular flexibility index (Phi) is 6.02. The molecule has 5 heteroatoms. The summed E-state index contributed by atoms with van der Waals surface area (Å²) >= 11 is 0. The number of hydrogen-bond acceptors (Lipinski definition) is 5. The van der Waals surface area contributed by atoms with Crippen LogP contribution in [0.15, 0.2) is 6.33 Å². The van der Waals surface area contributed by atoms with Crippen LogP contribution in [-0.4, -0.2) is 34.8 Å². The van der Waals surface area contributed by atoms with Crippen molar-refractivity contribution in [3.63, 3.8) is 0 Å². The number of nitrogen functional groups attached to an aromatic ring is 1. The molecule has 1 atom stereocenters. The first-order valence-corrected chi connectivity index (χ1v) is 7.09. The van der Waals surface area contributed by atoms with E-state index in [0.717, 1.165) is 25.0 Å². The van der Waals surface area contributed by atoms with E-state index in [2.05, 4.69) is 21.8 Å². The molecule has 1 aromatic heterocycles. The summed E-state index contributed by atoms with van der Waals surface area (Å²) in [6.45, 7) is 7.26. The maximum absolute atomic E-state index is 7.00. The lowest BCUT2D eigenvalue weighted by atomic mass is 9.92. The summed E-state index contributed by atoms with van der Waals surface area (Å²) in [5, 5.41) is 7.00.